The van der Waals surface area contributed by atoms with Gasteiger partial charge >= 0.3 is 0 Å². The number of hydrogen-bond acceptors (Lipinski definition) is 3. The zero-order chi connectivity index (χ0) is 14.3. The van der Waals surface area contributed by atoms with E-state index < -0.39 is 11.6 Å². The molecule has 0 radical (unpaired) electrons. The van der Waals surface area contributed by atoms with Crippen LogP contribution in [-0.2, 0) is 16.0 Å². The van der Waals surface area contributed by atoms with Crippen LogP contribution in [0.15, 0.2) is 18.2 Å². The first-order valence-electron chi connectivity index (χ1n) is 6.67. The number of halogens is 2. The normalized spacial score (nSPS) is 31.6. The molecule has 1 saturated heterocycles. The van der Waals surface area contributed by atoms with Gasteiger partial charge < -0.3 is 15.8 Å². The number of ether oxygens (including phenoxy) is 1. The van der Waals surface area contributed by atoms with Crippen LogP contribution in [0.3, 0.4) is 0 Å². The Bertz CT molecular complexity index is 538. The molecule has 1 aliphatic heterocycles. The Morgan fingerprint density at radius 1 is 1.45 bits per heavy atom. The van der Waals surface area contributed by atoms with Gasteiger partial charge in [0.1, 0.15) is 11.6 Å². The molecule has 1 saturated carbocycles. The predicted octanol–water partition coefficient (Wildman–Crippen LogP) is 0.738. The van der Waals surface area contributed by atoms with E-state index in [2.05, 4.69) is 5.32 Å². The molecule has 1 aromatic rings. The van der Waals surface area contributed by atoms with Gasteiger partial charge in [-0.25, -0.2) is 8.78 Å². The van der Waals surface area contributed by atoms with Gasteiger partial charge in [-0.2, -0.15) is 0 Å². The van der Waals surface area contributed by atoms with Crippen molar-refractivity contribution in [1.82, 2.24) is 5.32 Å². The average Bonchev–Trinajstić information content (AvgIpc) is 2.84. The molecule has 4 nitrogen and oxygen atoms in total. The quantitative estimate of drug-likeness (QED) is 0.859. The Kier molecular flexibility index (Phi) is 3.43. The van der Waals surface area contributed by atoms with Crippen molar-refractivity contribution in [3.8, 4) is 0 Å². The van der Waals surface area contributed by atoms with Crippen LogP contribution in [-0.4, -0.2) is 30.7 Å². The maximum atomic E-state index is 13.5. The van der Waals surface area contributed by atoms with Gasteiger partial charge in [-0.1, -0.05) is 6.07 Å². The van der Waals surface area contributed by atoms with Crippen LogP contribution in [0.5, 0.6) is 0 Å². The Labute approximate surface area is 115 Å². The topological polar surface area (TPSA) is 64.3 Å². The maximum absolute atomic E-state index is 13.5. The lowest BCUT2D eigenvalue weighted by atomic mass is 9.72. The Morgan fingerprint density at radius 2 is 2.25 bits per heavy atom. The Hall–Kier alpha value is -1.53. The second-order valence-electron chi connectivity index (χ2n) is 5.37. The van der Waals surface area contributed by atoms with Crippen molar-refractivity contribution in [2.45, 2.75) is 31.0 Å². The minimum atomic E-state index is -0.715. The molecule has 1 aromatic carbocycles. The second kappa shape index (κ2) is 5.10. The summed E-state index contributed by atoms with van der Waals surface area (Å²) in [5.74, 6) is -1.39. The minimum absolute atomic E-state index is 0.0213. The Morgan fingerprint density at radius 3 is 3.00 bits per heavy atom. The lowest BCUT2D eigenvalue weighted by Crippen LogP contribution is -2.69. The van der Waals surface area contributed by atoms with Crippen molar-refractivity contribution in [3.63, 3.8) is 0 Å². The third kappa shape index (κ3) is 2.29. The van der Waals surface area contributed by atoms with E-state index in [-0.39, 0.29) is 36.1 Å². The average molecular weight is 282 g/mol. The van der Waals surface area contributed by atoms with Crippen LogP contribution >= 0.6 is 0 Å². The van der Waals surface area contributed by atoms with Crippen LogP contribution in [0, 0.1) is 17.6 Å². The summed E-state index contributed by atoms with van der Waals surface area (Å²) in [4.78, 5) is 11.9. The number of nitrogens with two attached hydrogens (primary N) is 1. The van der Waals surface area contributed by atoms with Gasteiger partial charge in [-0.05, 0) is 18.1 Å². The number of carbonyl (C=O) groups is 1. The molecule has 108 valence electrons. The smallest absolute Gasteiger partial charge is 0.224 e. The molecule has 20 heavy (non-hydrogen) atoms. The highest BCUT2D eigenvalue weighted by Gasteiger charge is 2.52. The van der Waals surface area contributed by atoms with Crippen molar-refractivity contribution in [1.29, 1.82) is 0 Å². The maximum Gasteiger partial charge on any atom is 0.224 e. The molecule has 2 fully saturated rings. The first-order valence-corrected chi connectivity index (χ1v) is 6.67. The van der Waals surface area contributed by atoms with Crippen molar-refractivity contribution in [3.05, 3.63) is 35.4 Å². The van der Waals surface area contributed by atoms with Crippen LogP contribution in [0.25, 0.3) is 0 Å². The molecule has 4 atom stereocenters. The highest BCUT2D eigenvalue weighted by molar-refractivity contribution is 5.79. The minimum Gasteiger partial charge on any atom is -0.376 e. The summed E-state index contributed by atoms with van der Waals surface area (Å²) in [6, 6.07) is 2.87. The molecule has 3 N–H and O–H groups in total. The van der Waals surface area contributed by atoms with Crippen LogP contribution in [0.4, 0.5) is 8.78 Å². The molecule has 1 amide bonds. The van der Waals surface area contributed by atoms with Crippen molar-refractivity contribution in [2.75, 3.05) is 6.61 Å². The number of rotatable bonds is 3. The third-order valence-electron chi connectivity index (χ3n) is 4.14. The van der Waals surface area contributed by atoms with Gasteiger partial charge in [0.05, 0.1) is 18.6 Å². The first-order chi connectivity index (χ1) is 9.56. The van der Waals surface area contributed by atoms with Crippen LogP contribution in [0.1, 0.15) is 12.0 Å². The number of carbonyl (C=O) groups excluding carboxylic acids is 1. The highest BCUT2D eigenvalue weighted by Crippen LogP contribution is 2.37. The van der Waals surface area contributed by atoms with Gasteiger partial charge in [0.15, 0.2) is 0 Å². The number of fused-ring (bicyclic) bond motifs is 1. The highest BCUT2D eigenvalue weighted by atomic mass is 19.1. The zero-order valence-electron chi connectivity index (χ0n) is 10.8. The molecule has 3 rings (SSSR count). The molecule has 1 aliphatic carbocycles. The second-order valence-corrected chi connectivity index (χ2v) is 5.37. The summed E-state index contributed by atoms with van der Waals surface area (Å²) in [6.45, 7) is 0.669. The SMILES string of the molecule is NC1C2CCOC2C1NC(=O)Cc1ccc(F)cc1F. The molecule has 0 bridgehead atoms. The van der Waals surface area contributed by atoms with Crippen LogP contribution < -0.4 is 11.1 Å². The molecule has 0 aromatic heterocycles. The van der Waals surface area contributed by atoms with E-state index in [1.807, 2.05) is 0 Å². The van der Waals surface area contributed by atoms with E-state index in [0.29, 0.717) is 12.5 Å². The fourth-order valence-corrected chi connectivity index (χ4v) is 3.00. The van der Waals surface area contributed by atoms with Gasteiger partial charge in [0, 0.05) is 24.6 Å². The number of nitrogens with one attached hydrogen (secondary N) is 1. The number of benzene rings is 1. The molecule has 1 heterocycles. The zero-order valence-corrected chi connectivity index (χ0v) is 10.8. The van der Waals surface area contributed by atoms with Gasteiger partial charge in [0.25, 0.3) is 0 Å². The lowest BCUT2D eigenvalue weighted by Gasteiger charge is -2.45. The summed E-state index contributed by atoms with van der Waals surface area (Å²) in [5.41, 5.74) is 6.15. The molecule has 2 aliphatic rings. The summed E-state index contributed by atoms with van der Waals surface area (Å²) in [5, 5.41) is 2.78. The van der Waals surface area contributed by atoms with Gasteiger partial charge in [-0.3, -0.25) is 4.79 Å². The molecule has 6 heteroatoms. The molecule has 4 unspecified atom stereocenters. The van der Waals surface area contributed by atoms with Crippen molar-refractivity contribution in [2.24, 2.45) is 11.7 Å². The van der Waals surface area contributed by atoms with E-state index in [0.717, 1.165) is 18.6 Å². The largest absolute Gasteiger partial charge is 0.376 e. The lowest BCUT2D eigenvalue weighted by molar-refractivity contribution is -0.125. The van der Waals surface area contributed by atoms with E-state index in [1.165, 1.54) is 6.07 Å². The fourth-order valence-electron chi connectivity index (χ4n) is 3.00. The standard InChI is InChI=1S/C14H16F2N2O2/c15-8-2-1-7(10(16)6-8)5-11(19)18-13-12(17)9-3-4-20-14(9)13/h1-2,6,9,12-14H,3-5,17H2,(H,18,19). The summed E-state index contributed by atoms with van der Waals surface area (Å²) < 4.78 is 31.8. The summed E-state index contributed by atoms with van der Waals surface area (Å²) >= 11 is 0. The predicted molar refractivity (Wildman–Crippen MR) is 67.8 cm³/mol. The Balaban J connectivity index is 1.60. The fraction of sp³-hybridized carbons (Fsp3) is 0.500. The van der Waals surface area contributed by atoms with E-state index in [4.69, 9.17) is 10.5 Å². The number of amides is 1. The number of hydrogen-bond donors (Lipinski definition) is 2. The van der Waals surface area contributed by atoms with Gasteiger partial charge in [-0.15, -0.1) is 0 Å². The summed E-state index contributed by atoms with van der Waals surface area (Å²) in [6.07, 6.45) is 0.768. The first kappa shape index (κ1) is 13.5. The monoisotopic (exact) mass is 282 g/mol. The van der Waals surface area contributed by atoms with Gasteiger partial charge in [0.2, 0.25) is 5.91 Å². The summed E-state index contributed by atoms with van der Waals surface area (Å²) in [7, 11) is 0. The third-order valence-corrected chi connectivity index (χ3v) is 4.14. The molecule has 0 spiro atoms. The van der Waals surface area contributed by atoms with E-state index in [9.17, 15) is 13.6 Å². The molecular weight excluding hydrogens is 266 g/mol. The van der Waals surface area contributed by atoms with E-state index >= 15 is 0 Å². The van der Waals surface area contributed by atoms with Crippen molar-refractivity contribution < 1.29 is 18.3 Å². The molecular formula is C14H16F2N2O2. The van der Waals surface area contributed by atoms with Crippen LogP contribution in [0.2, 0.25) is 0 Å². The van der Waals surface area contributed by atoms with E-state index in [1.54, 1.807) is 0 Å². The van der Waals surface area contributed by atoms with Crippen molar-refractivity contribution >= 4 is 5.91 Å².